The number of anilines is 1. The smallest absolute Gasteiger partial charge is 0.253 e. The molecule has 0 saturated heterocycles. The minimum absolute atomic E-state index is 0.206. The van der Waals surface area contributed by atoms with E-state index in [-0.39, 0.29) is 5.91 Å². The lowest BCUT2D eigenvalue weighted by molar-refractivity contribution is 0.0954. The van der Waals surface area contributed by atoms with Gasteiger partial charge in [0.1, 0.15) is 5.82 Å². The van der Waals surface area contributed by atoms with Crippen LogP contribution in [0.25, 0.3) is 0 Å². The van der Waals surface area contributed by atoms with Crippen molar-refractivity contribution in [2.45, 2.75) is 13.3 Å². The van der Waals surface area contributed by atoms with Crippen LogP contribution in [0.5, 0.6) is 0 Å². The van der Waals surface area contributed by atoms with Crippen molar-refractivity contribution in [3.05, 3.63) is 38.9 Å². The number of halogens is 1. The number of nitrogens with one attached hydrogen (secondary N) is 2. The molecule has 2 rings (SSSR count). The number of carbonyl (C=O) groups is 1. The Morgan fingerprint density at radius 3 is 2.95 bits per heavy atom. The van der Waals surface area contributed by atoms with E-state index in [1.54, 1.807) is 24.5 Å². The fraction of sp³-hybridized carbons (Fsp3) is 0.308. The molecule has 0 bridgehead atoms. The van der Waals surface area contributed by atoms with Gasteiger partial charge in [-0.1, -0.05) is 11.6 Å². The number of nitrogens with zero attached hydrogens (tertiary/aromatic N) is 2. The van der Waals surface area contributed by atoms with E-state index in [2.05, 4.69) is 20.6 Å². The molecule has 1 amide bonds. The Morgan fingerprint density at radius 1 is 1.50 bits per heavy atom. The minimum atomic E-state index is -0.206. The van der Waals surface area contributed by atoms with Crippen molar-refractivity contribution in [2.24, 2.45) is 0 Å². The average Bonchev–Trinajstić information content (AvgIpc) is 2.85. The Kier molecular flexibility index (Phi) is 4.92. The van der Waals surface area contributed by atoms with Crippen LogP contribution in [0.4, 0.5) is 5.82 Å². The molecule has 7 heteroatoms. The van der Waals surface area contributed by atoms with Crippen molar-refractivity contribution in [1.82, 2.24) is 15.3 Å². The lowest BCUT2D eigenvalue weighted by Gasteiger charge is -2.07. The highest BCUT2D eigenvalue weighted by atomic mass is 35.5. The van der Waals surface area contributed by atoms with Gasteiger partial charge in [0, 0.05) is 37.3 Å². The van der Waals surface area contributed by atoms with E-state index in [1.165, 1.54) is 6.20 Å². The molecule has 0 saturated carbocycles. The molecule has 0 unspecified atom stereocenters. The second kappa shape index (κ2) is 6.67. The normalized spacial score (nSPS) is 10.3. The van der Waals surface area contributed by atoms with Gasteiger partial charge < -0.3 is 10.6 Å². The van der Waals surface area contributed by atoms with E-state index in [1.807, 2.05) is 12.3 Å². The third-order valence-electron chi connectivity index (χ3n) is 2.65. The summed E-state index contributed by atoms with van der Waals surface area (Å²) >= 11 is 7.58. The average molecular weight is 311 g/mol. The molecule has 0 fully saturated rings. The fourth-order valence-corrected chi connectivity index (χ4v) is 2.61. The summed E-state index contributed by atoms with van der Waals surface area (Å²) in [6.45, 7) is 2.48. The zero-order valence-corrected chi connectivity index (χ0v) is 12.8. The summed E-state index contributed by atoms with van der Waals surface area (Å²) in [5.74, 6) is 0.400. The molecule has 0 spiro atoms. The van der Waals surface area contributed by atoms with Gasteiger partial charge >= 0.3 is 0 Å². The fourth-order valence-electron chi connectivity index (χ4n) is 1.65. The number of hydrogen-bond donors (Lipinski definition) is 2. The SMILES string of the molecule is CNc1cc(C(=O)NCCc2nc(C)cs2)c(Cl)cn1. The summed E-state index contributed by atoms with van der Waals surface area (Å²) < 4.78 is 0. The largest absolute Gasteiger partial charge is 0.373 e. The lowest BCUT2D eigenvalue weighted by atomic mass is 10.2. The van der Waals surface area contributed by atoms with Crippen LogP contribution in [-0.2, 0) is 6.42 Å². The summed E-state index contributed by atoms with van der Waals surface area (Å²) in [6, 6.07) is 1.63. The molecule has 2 heterocycles. The lowest BCUT2D eigenvalue weighted by Crippen LogP contribution is -2.26. The van der Waals surface area contributed by atoms with Crippen molar-refractivity contribution in [1.29, 1.82) is 0 Å². The van der Waals surface area contributed by atoms with Gasteiger partial charge in [0.2, 0.25) is 0 Å². The van der Waals surface area contributed by atoms with Crippen LogP contribution in [0.3, 0.4) is 0 Å². The number of amides is 1. The predicted molar refractivity (Wildman–Crippen MR) is 81.7 cm³/mol. The first-order chi connectivity index (χ1) is 9.60. The van der Waals surface area contributed by atoms with E-state index < -0.39 is 0 Å². The van der Waals surface area contributed by atoms with Gasteiger partial charge in [0.15, 0.2) is 0 Å². The number of pyridine rings is 1. The van der Waals surface area contributed by atoms with Crippen LogP contribution >= 0.6 is 22.9 Å². The van der Waals surface area contributed by atoms with E-state index in [9.17, 15) is 4.79 Å². The van der Waals surface area contributed by atoms with Gasteiger partial charge in [-0.2, -0.15) is 0 Å². The topological polar surface area (TPSA) is 66.9 Å². The highest BCUT2D eigenvalue weighted by Gasteiger charge is 2.11. The molecule has 2 N–H and O–H groups in total. The van der Waals surface area contributed by atoms with Gasteiger partial charge in [-0.3, -0.25) is 4.79 Å². The maximum absolute atomic E-state index is 12.1. The van der Waals surface area contributed by atoms with Crippen LogP contribution in [0.1, 0.15) is 21.1 Å². The molecule has 106 valence electrons. The Bertz CT molecular complexity index is 614. The minimum Gasteiger partial charge on any atom is -0.373 e. The van der Waals surface area contributed by atoms with Crippen LogP contribution in [-0.4, -0.2) is 29.5 Å². The molecule has 0 atom stereocenters. The molecule has 0 aliphatic heterocycles. The Hall–Kier alpha value is -1.66. The number of aromatic nitrogens is 2. The van der Waals surface area contributed by atoms with Crippen LogP contribution < -0.4 is 10.6 Å². The van der Waals surface area contributed by atoms with E-state index in [0.29, 0.717) is 29.4 Å². The zero-order valence-electron chi connectivity index (χ0n) is 11.2. The molecule has 20 heavy (non-hydrogen) atoms. The number of rotatable bonds is 5. The van der Waals surface area contributed by atoms with Crippen molar-refractivity contribution in [3.63, 3.8) is 0 Å². The molecule has 0 aliphatic carbocycles. The Morgan fingerprint density at radius 2 is 2.30 bits per heavy atom. The number of carbonyl (C=O) groups excluding carboxylic acids is 1. The van der Waals surface area contributed by atoms with Gasteiger partial charge in [-0.25, -0.2) is 9.97 Å². The maximum Gasteiger partial charge on any atom is 0.253 e. The van der Waals surface area contributed by atoms with Gasteiger partial charge in [-0.15, -0.1) is 11.3 Å². The predicted octanol–water partition coefficient (Wildman–Crippen LogP) is 2.51. The molecule has 0 radical (unpaired) electrons. The highest BCUT2D eigenvalue weighted by molar-refractivity contribution is 7.09. The van der Waals surface area contributed by atoms with Crippen molar-refractivity contribution in [3.8, 4) is 0 Å². The third kappa shape index (κ3) is 3.68. The summed E-state index contributed by atoms with van der Waals surface area (Å²) in [7, 11) is 1.74. The number of thiazole rings is 1. The first kappa shape index (κ1) is 14.7. The summed E-state index contributed by atoms with van der Waals surface area (Å²) in [5, 5.41) is 9.06. The summed E-state index contributed by atoms with van der Waals surface area (Å²) in [5.41, 5.74) is 1.42. The monoisotopic (exact) mass is 310 g/mol. The molecule has 0 aromatic carbocycles. The summed E-state index contributed by atoms with van der Waals surface area (Å²) in [6.07, 6.45) is 2.18. The Balaban J connectivity index is 1.94. The standard InChI is InChI=1S/C13H15ClN4OS/c1-8-7-20-12(18-8)3-4-16-13(19)9-5-11(15-2)17-6-10(9)14/h5-7H,3-4H2,1-2H3,(H,15,17)(H,16,19). The highest BCUT2D eigenvalue weighted by Crippen LogP contribution is 2.17. The van der Waals surface area contributed by atoms with Crippen molar-refractivity contribution >= 4 is 34.7 Å². The van der Waals surface area contributed by atoms with E-state index in [4.69, 9.17) is 11.6 Å². The quantitative estimate of drug-likeness (QED) is 0.890. The molecule has 2 aromatic heterocycles. The summed E-state index contributed by atoms with van der Waals surface area (Å²) in [4.78, 5) is 20.4. The van der Waals surface area contributed by atoms with Crippen molar-refractivity contribution in [2.75, 3.05) is 18.9 Å². The first-order valence-corrected chi connectivity index (χ1v) is 7.38. The number of aryl methyl sites for hydroxylation is 1. The van der Waals surface area contributed by atoms with Gasteiger partial charge in [-0.05, 0) is 13.0 Å². The number of hydrogen-bond acceptors (Lipinski definition) is 5. The Labute approximate surface area is 126 Å². The van der Waals surface area contributed by atoms with Crippen LogP contribution in [0.15, 0.2) is 17.6 Å². The molecule has 2 aromatic rings. The first-order valence-electron chi connectivity index (χ1n) is 6.12. The van der Waals surface area contributed by atoms with E-state index >= 15 is 0 Å². The molecular formula is C13H15ClN4OS. The zero-order chi connectivity index (χ0) is 14.5. The third-order valence-corrected chi connectivity index (χ3v) is 3.97. The molecule has 0 aliphatic rings. The van der Waals surface area contributed by atoms with Gasteiger partial charge in [0.25, 0.3) is 5.91 Å². The van der Waals surface area contributed by atoms with Crippen LogP contribution in [0.2, 0.25) is 5.02 Å². The van der Waals surface area contributed by atoms with Crippen molar-refractivity contribution < 1.29 is 4.79 Å². The molecular weight excluding hydrogens is 296 g/mol. The maximum atomic E-state index is 12.1. The van der Waals surface area contributed by atoms with E-state index in [0.717, 1.165) is 10.7 Å². The second-order valence-electron chi connectivity index (χ2n) is 4.19. The second-order valence-corrected chi connectivity index (χ2v) is 5.54. The van der Waals surface area contributed by atoms with Gasteiger partial charge in [0.05, 0.1) is 15.6 Å². The molecule has 5 nitrogen and oxygen atoms in total. The van der Waals surface area contributed by atoms with Crippen LogP contribution in [0, 0.1) is 6.92 Å².